The number of hydrogen-bond acceptors (Lipinski definition) is 6. The van der Waals surface area contributed by atoms with Crippen molar-refractivity contribution in [2.45, 2.75) is 23.7 Å². The Morgan fingerprint density at radius 2 is 1.93 bits per heavy atom. The largest absolute Gasteiger partial charge is 0.493 e. The van der Waals surface area contributed by atoms with Crippen LogP contribution in [-0.2, 0) is 9.84 Å². The number of piperidine rings is 1. The fourth-order valence-electron chi connectivity index (χ4n) is 3.57. The normalized spacial score (nSPS) is 17.1. The van der Waals surface area contributed by atoms with Crippen molar-refractivity contribution in [1.29, 1.82) is 0 Å². The summed E-state index contributed by atoms with van der Waals surface area (Å²) in [6.45, 7) is 0.968. The molecule has 1 aliphatic heterocycles. The molecule has 3 rings (SSSR count). The van der Waals surface area contributed by atoms with Crippen molar-refractivity contribution in [1.82, 2.24) is 9.88 Å². The van der Waals surface area contributed by atoms with Gasteiger partial charge in [0.2, 0.25) is 0 Å². The highest BCUT2D eigenvalue weighted by Crippen LogP contribution is 2.33. The van der Waals surface area contributed by atoms with Crippen molar-refractivity contribution >= 4 is 27.3 Å². The lowest BCUT2D eigenvalue weighted by Crippen LogP contribution is -2.39. The Hall–Kier alpha value is -2.32. The molecule has 1 aromatic carbocycles. The Balaban J connectivity index is 1.88. The van der Waals surface area contributed by atoms with Crippen molar-refractivity contribution in [2.24, 2.45) is 0 Å². The van der Waals surface area contributed by atoms with Crippen LogP contribution >= 0.6 is 11.6 Å². The molecular weight excluding hydrogens is 416 g/mol. The van der Waals surface area contributed by atoms with Gasteiger partial charge in [0.15, 0.2) is 21.3 Å². The molecule has 0 radical (unpaired) electrons. The van der Waals surface area contributed by atoms with E-state index >= 15 is 0 Å². The van der Waals surface area contributed by atoms with E-state index in [0.717, 1.165) is 19.1 Å². The zero-order valence-corrected chi connectivity index (χ0v) is 18.1. The predicted molar refractivity (Wildman–Crippen MR) is 110 cm³/mol. The van der Waals surface area contributed by atoms with Gasteiger partial charge in [-0.15, -0.1) is 0 Å². The summed E-state index contributed by atoms with van der Waals surface area (Å²) in [6.07, 6.45) is 4.07. The summed E-state index contributed by atoms with van der Waals surface area (Å²) in [5, 5.41) is 0.267. The maximum Gasteiger partial charge on any atom is 0.254 e. The van der Waals surface area contributed by atoms with Gasteiger partial charge in [-0.2, -0.15) is 0 Å². The second-order valence-electron chi connectivity index (χ2n) is 6.97. The van der Waals surface area contributed by atoms with Crippen LogP contribution < -0.4 is 9.47 Å². The van der Waals surface area contributed by atoms with Crippen LogP contribution in [0.1, 0.15) is 34.8 Å². The number of aromatic nitrogens is 1. The molecule has 1 saturated heterocycles. The highest BCUT2D eigenvalue weighted by molar-refractivity contribution is 7.90. The van der Waals surface area contributed by atoms with Crippen molar-refractivity contribution in [3.63, 3.8) is 0 Å². The quantitative estimate of drug-likeness (QED) is 0.712. The van der Waals surface area contributed by atoms with Crippen LogP contribution in [0.2, 0.25) is 5.02 Å². The van der Waals surface area contributed by atoms with Crippen LogP contribution in [0, 0.1) is 0 Å². The minimum Gasteiger partial charge on any atom is -0.493 e. The summed E-state index contributed by atoms with van der Waals surface area (Å²) in [5.41, 5.74) is 0.942. The number of ether oxygens (including phenoxy) is 2. The molecule has 1 fully saturated rings. The van der Waals surface area contributed by atoms with Gasteiger partial charge in [0, 0.05) is 37.0 Å². The molecule has 156 valence electrons. The molecule has 2 heterocycles. The first-order valence-electron chi connectivity index (χ1n) is 9.11. The number of rotatable bonds is 5. The van der Waals surface area contributed by atoms with Gasteiger partial charge in [0.25, 0.3) is 5.91 Å². The molecule has 1 unspecified atom stereocenters. The number of hydrogen-bond donors (Lipinski definition) is 0. The monoisotopic (exact) mass is 438 g/mol. The van der Waals surface area contributed by atoms with Gasteiger partial charge in [0.1, 0.15) is 0 Å². The number of likely N-dealkylation sites (tertiary alicyclic amines) is 1. The minimum absolute atomic E-state index is 0.121. The zero-order chi connectivity index (χ0) is 21.2. The summed E-state index contributed by atoms with van der Waals surface area (Å²) >= 11 is 5.96. The fraction of sp³-hybridized carbons (Fsp3) is 0.400. The van der Waals surface area contributed by atoms with Crippen LogP contribution in [0.4, 0.5) is 0 Å². The number of nitrogens with zero attached hydrogens (tertiary/aromatic N) is 2. The molecule has 1 amide bonds. The molecule has 29 heavy (non-hydrogen) atoms. The van der Waals surface area contributed by atoms with Gasteiger partial charge >= 0.3 is 0 Å². The Morgan fingerprint density at radius 1 is 1.21 bits per heavy atom. The summed E-state index contributed by atoms with van der Waals surface area (Å²) in [6, 6.07) is 6.45. The van der Waals surface area contributed by atoms with E-state index in [0.29, 0.717) is 35.8 Å². The number of carbonyl (C=O) groups excluding carboxylic acids is 1. The summed E-state index contributed by atoms with van der Waals surface area (Å²) in [7, 11) is -0.442. The zero-order valence-electron chi connectivity index (χ0n) is 16.5. The third-order valence-electron chi connectivity index (χ3n) is 4.97. The lowest BCUT2D eigenvalue weighted by molar-refractivity contribution is 0.0704. The molecule has 7 nitrogen and oxygen atoms in total. The van der Waals surface area contributed by atoms with E-state index in [1.54, 1.807) is 23.1 Å². The van der Waals surface area contributed by atoms with E-state index in [9.17, 15) is 13.2 Å². The lowest BCUT2D eigenvalue weighted by atomic mass is 9.93. The number of halogens is 1. The second kappa shape index (κ2) is 8.59. The first kappa shape index (κ1) is 21.4. The van der Waals surface area contributed by atoms with E-state index in [-0.39, 0.29) is 21.7 Å². The Morgan fingerprint density at radius 3 is 2.59 bits per heavy atom. The van der Waals surface area contributed by atoms with Crippen LogP contribution in [0.15, 0.2) is 35.4 Å². The van der Waals surface area contributed by atoms with Crippen LogP contribution in [0.3, 0.4) is 0 Å². The molecule has 1 atom stereocenters. The Kier molecular flexibility index (Phi) is 6.33. The van der Waals surface area contributed by atoms with Crippen LogP contribution in [-0.4, -0.2) is 57.8 Å². The SMILES string of the molecule is COc1ccc(C(=O)N2CCCC(c3ncc(Cl)cc3S(C)(=O)=O)C2)cc1OC. The topological polar surface area (TPSA) is 85.8 Å². The number of benzene rings is 1. The van der Waals surface area contributed by atoms with Crippen molar-refractivity contribution in [2.75, 3.05) is 33.6 Å². The highest BCUT2D eigenvalue weighted by Gasteiger charge is 2.30. The van der Waals surface area contributed by atoms with E-state index in [1.807, 2.05) is 0 Å². The average molecular weight is 439 g/mol. The van der Waals surface area contributed by atoms with Crippen LogP contribution in [0.25, 0.3) is 0 Å². The summed E-state index contributed by atoms with van der Waals surface area (Å²) in [4.78, 5) is 19.2. The number of methoxy groups -OCH3 is 2. The number of pyridine rings is 1. The minimum atomic E-state index is -3.49. The molecule has 0 bridgehead atoms. The standard InChI is InChI=1S/C20H23ClN2O5S/c1-27-16-7-6-13(9-17(16)28-2)20(24)23-8-4-5-14(12-23)19-18(29(3,25)26)10-15(21)11-22-19/h6-7,9-11,14H,4-5,8,12H2,1-3H3. The average Bonchev–Trinajstić information content (AvgIpc) is 2.72. The summed E-state index contributed by atoms with van der Waals surface area (Å²) in [5.74, 6) is 0.690. The Labute approximate surface area is 175 Å². The van der Waals surface area contributed by atoms with Gasteiger partial charge in [-0.1, -0.05) is 11.6 Å². The summed E-state index contributed by atoms with van der Waals surface area (Å²) < 4.78 is 34.9. The molecule has 0 aliphatic carbocycles. The first-order chi connectivity index (χ1) is 13.7. The number of sulfone groups is 1. The number of amides is 1. The van der Waals surface area contributed by atoms with E-state index in [4.69, 9.17) is 21.1 Å². The Bertz CT molecular complexity index is 1030. The van der Waals surface area contributed by atoms with Crippen molar-refractivity contribution in [3.8, 4) is 11.5 Å². The van der Waals surface area contributed by atoms with Gasteiger partial charge in [-0.3, -0.25) is 9.78 Å². The van der Waals surface area contributed by atoms with E-state index in [2.05, 4.69) is 4.98 Å². The third kappa shape index (κ3) is 4.64. The maximum absolute atomic E-state index is 13.1. The molecular formula is C20H23ClN2O5S. The van der Waals surface area contributed by atoms with E-state index < -0.39 is 9.84 Å². The first-order valence-corrected chi connectivity index (χ1v) is 11.4. The molecule has 0 N–H and O–H groups in total. The third-order valence-corrected chi connectivity index (χ3v) is 6.31. The molecule has 9 heteroatoms. The predicted octanol–water partition coefficient (Wildman–Crippen LogP) is 3.18. The lowest BCUT2D eigenvalue weighted by Gasteiger charge is -2.33. The fourth-order valence-corrected chi connectivity index (χ4v) is 4.73. The van der Waals surface area contributed by atoms with Gasteiger partial charge in [-0.05, 0) is 37.1 Å². The van der Waals surface area contributed by atoms with Crippen molar-refractivity contribution < 1.29 is 22.7 Å². The molecule has 1 aromatic heterocycles. The van der Waals surface area contributed by atoms with Crippen LogP contribution in [0.5, 0.6) is 11.5 Å². The van der Waals surface area contributed by atoms with E-state index in [1.165, 1.54) is 26.5 Å². The van der Waals surface area contributed by atoms with Gasteiger partial charge < -0.3 is 14.4 Å². The maximum atomic E-state index is 13.1. The van der Waals surface area contributed by atoms with Gasteiger partial charge in [-0.25, -0.2) is 8.42 Å². The highest BCUT2D eigenvalue weighted by atomic mass is 35.5. The van der Waals surface area contributed by atoms with Gasteiger partial charge in [0.05, 0.1) is 29.8 Å². The molecule has 1 aliphatic rings. The van der Waals surface area contributed by atoms with Crippen molar-refractivity contribution in [3.05, 3.63) is 46.7 Å². The molecule has 0 spiro atoms. The second-order valence-corrected chi connectivity index (χ2v) is 9.39. The number of carbonyl (C=O) groups is 1. The molecule has 0 saturated carbocycles. The smallest absolute Gasteiger partial charge is 0.254 e. The molecule has 2 aromatic rings.